The number of rotatable bonds is 3. The summed E-state index contributed by atoms with van der Waals surface area (Å²) >= 11 is 27.0. The summed E-state index contributed by atoms with van der Waals surface area (Å²) in [6.07, 6.45) is 2.80. The molecule has 0 atom stereocenters. The summed E-state index contributed by atoms with van der Waals surface area (Å²) < 4.78 is 0.311. The van der Waals surface area contributed by atoms with Gasteiger partial charge in [-0.3, -0.25) is 0 Å². The first-order valence-corrected chi connectivity index (χ1v) is 4.64. The smallest absolute Gasteiger partial charge is 0.0865 e. The highest BCUT2D eigenvalue weighted by Gasteiger charge is 1.97. The van der Waals surface area contributed by atoms with Gasteiger partial charge in [-0.15, -0.1) is 0 Å². The second kappa shape index (κ2) is 6.45. The molecule has 11 heavy (non-hydrogen) atoms. The Hall–Kier alpha value is 0.930. The lowest BCUT2D eigenvalue weighted by atomic mass is 10.3. The highest BCUT2D eigenvalue weighted by atomic mass is 35.5. The van der Waals surface area contributed by atoms with Gasteiger partial charge in [0.2, 0.25) is 0 Å². The summed E-state index contributed by atoms with van der Waals surface area (Å²) in [5.41, 5.74) is 0. The van der Waals surface area contributed by atoms with Crippen LogP contribution in [0.25, 0.3) is 0 Å². The van der Waals surface area contributed by atoms with E-state index in [1.165, 1.54) is 0 Å². The first-order chi connectivity index (χ1) is 5.04. The maximum Gasteiger partial charge on any atom is 0.121 e. The molecule has 0 spiro atoms. The summed E-state index contributed by atoms with van der Waals surface area (Å²) in [5, 5.41) is 0.416. The molecule has 0 radical (unpaired) electrons. The van der Waals surface area contributed by atoms with Crippen molar-refractivity contribution < 1.29 is 0 Å². The molecule has 0 nitrogen and oxygen atoms in total. The fourth-order valence-corrected chi connectivity index (χ4v) is 0.919. The Morgan fingerprint density at radius 3 is 1.91 bits per heavy atom. The lowest BCUT2D eigenvalue weighted by Crippen LogP contribution is -1.73. The molecule has 0 heterocycles. The molecule has 64 valence electrons. The van der Waals surface area contributed by atoms with Crippen LogP contribution in [0.2, 0.25) is 0 Å². The van der Waals surface area contributed by atoms with E-state index in [1.54, 1.807) is 6.08 Å². The minimum Gasteiger partial charge on any atom is -0.0865 e. The fourth-order valence-electron chi connectivity index (χ4n) is 0.402. The molecule has 0 aromatic rings. The third kappa shape index (κ3) is 7.30. The molecule has 0 aromatic heterocycles. The van der Waals surface area contributed by atoms with E-state index in [-0.39, 0.29) is 8.98 Å². The zero-order valence-electron chi connectivity index (χ0n) is 5.38. The topological polar surface area (TPSA) is 0 Å². The first kappa shape index (κ1) is 11.9. The van der Waals surface area contributed by atoms with E-state index >= 15 is 0 Å². The van der Waals surface area contributed by atoms with E-state index in [0.29, 0.717) is 17.9 Å². The van der Waals surface area contributed by atoms with E-state index in [2.05, 4.69) is 0 Å². The molecule has 0 aliphatic carbocycles. The second-order valence-electron chi connectivity index (χ2n) is 1.70. The van der Waals surface area contributed by atoms with Crippen LogP contribution in [0.15, 0.2) is 20.1 Å². The van der Waals surface area contributed by atoms with E-state index < -0.39 is 0 Å². The van der Waals surface area contributed by atoms with Gasteiger partial charge in [-0.1, -0.05) is 64.1 Å². The van der Waals surface area contributed by atoms with Crippen LogP contribution in [0.1, 0.15) is 12.8 Å². The highest BCUT2D eigenvalue weighted by molar-refractivity contribution is 6.59. The molecule has 0 bridgehead atoms. The van der Waals surface area contributed by atoms with Crippen molar-refractivity contribution in [3.8, 4) is 0 Å². The Bertz CT molecular complexity index is 173. The minimum atomic E-state index is 0.0887. The van der Waals surface area contributed by atoms with Gasteiger partial charge in [0, 0.05) is 5.03 Å². The molecule has 0 aromatic carbocycles. The van der Waals surface area contributed by atoms with Crippen LogP contribution < -0.4 is 0 Å². The van der Waals surface area contributed by atoms with Crippen molar-refractivity contribution >= 4 is 58.0 Å². The third-order valence-electron chi connectivity index (χ3n) is 0.868. The summed E-state index contributed by atoms with van der Waals surface area (Å²) in [4.78, 5) is 0. The molecule has 5 heteroatoms. The average molecular weight is 254 g/mol. The monoisotopic (exact) mass is 252 g/mol. The fraction of sp³-hybridized carbons (Fsp3) is 0.333. The predicted molar refractivity (Wildman–Crippen MR) is 53.6 cm³/mol. The van der Waals surface area contributed by atoms with E-state index in [1.807, 2.05) is 0 Å². The van der Waals surface area contributed by atoms with Gasteiger partial charge in [0.1, 0.15) is 8.98 Å². The van der Waals surface area contributed by atoms with Gasteiger partial charge >= 0.3 is 0 Å². The second-order valence-corrected chi connectivity index (χ2v) is 4.11. The van der Waals surface area contributed by atoms with Gasteiger partial charge in [-0.05, 0) is 12.8 Å². The number of hydrogen-bond acceptors (Lipinski definition) is 0. The third-order valence-corrected chi connectivity index (χ3v) is 2.20. The molecular formula is C6H5Cl5. The van der Waals surface area contributed by atoms with Crippen LogP contribution in [-0.2, 0) is 0 Å². The molecule has 0 amide bonds. The lowest BCUT2D eigenvalue weighted by molar-refractivity contribution is 1.03. The highest BCUT2D eigenvalue weighted by Crippen LogP contribution is 2.22. The van der Waals surface area contributed by atoms with E-state index in [4.69, 9.17) is 58.0 Å². The Balaban J connectivity index is 3.73. The van der Waals surface area contributed by atoms with Crippen molar-refractivity contribution in [1.82, 2.24) is 0 Å². The largest absolute Gasteiger partial charge is 0.121 e. The van der Waals surface area contributed by atoms with Crippen LogP contribution in [-0.4, -0.2) is 0 Å². The Labute approximate surface area is 90.7 Å². The summed E-state index contributed by atoms with van der Waals surface area (Å²) in [6, 6.07) is 0. The van der Waals surface area contributed by atoms with Crippen LogP contribution in [0.4, 0.5) is 0 Å². The van der Waals surface area contributed by atoms with E-state index in [0.717, 1.165) is 0 Å². The van der Waals surface area contributed by atoms with Crippen molar-refractivity contribution in [2.24, 2.45) is 0 Å². The van der Waals surface area contributed by atoms with Crippen LogP contribution in [0, 0.1) is 0 Å². The number of halogens is 5. The number of hydrogen-bond donors (Lipinski definition) is 0. The standard InChI is InChI=1S/C6H5Cl5/c7-4(6(10)11)2-1-3-5(8)9/h3H,1-2H2. The number of allylic oxidation sites excluding steroid dienone is 2. The molecule has 0 N–H and O–H groups in total. The van der Waals surface area contributed by atoms with Crippen molar-refractivity contribution in [1.29, 1.82) is 0 Å². The minimum absolute atomic E-state index is 0.0887. The summed E-state index contributed by atoms with van der Waals surface area (Å²) in [6.45, 7) is 0. The Kier molecular flexibility index (Phi) is 6.99. The predicted octanol–water partition coefficient (Wildman–Crippen LogP) is 4.97. The van der Waals surface area contributed by atoms with Crippen molar-refractivity contribution in [2.45, 2.75) is 12.8 Å². The lowest BCUT2D eigenvalue weighted by Gasteiger charge is -1.93. The maximum absolute atomic E-state index is 5.60. The van der Waals surface area contributed by atoms with Crippen LogP contribution in [0.3, 0.4) is 0 Å². The van der Waals surface area contributed by atoms with Gasteiger partial charge in [0.05, 0.1) is 0 Å². The van der Waals surface area contributed by atoms with Crippen LogP contribution >= 0.6 is 58.0 Å². The van der Waals surface area contributed by atoms with Gasteiger partial charge in [-0.25, -0.2) is 0 Å². The van der Waals surface area contributed by atoms with Gasteiger partial charge in [-0.2, -0.15) is 0 Å². The molecule has 0 saturated carbocycles. The van der Waals surface area contributed by atoms with Gasteiger partial charge in [0.25, 0.3) is 0 Å². The summed E-state index contributed by atoms with van der Waals surface area (Å²) in [5.74, 6) is 0. The zero-order valence-corrected chi connectivity index (χ0v) is 9.16. The van der Waals surface area contributed by atoms with Gasteiger partial charge in [0.15, 0.2) is 0 Å². The molecule has 0 unspecified atom stereocenters. The SMILES string of the molecule is ClC(Cl)=CCCC(Cl)=C(Cl)Cl. The molecule has 0 saturated heterocycles. The normalized spacial score (nSPS) is 9.18. The molecule has 0 rings (SSSR count). The molecule has 0 fully saturated rings. The quantitative estimate of drug-likeness (QED) is 0.667. The Morgan fingerprint density at radius 2 is 1.55 bits per heavy atom. The zero-order chi connectivity index (χ0) is 8.85. The first-order valence-electron chi connectivity index (χ1n) is 2.75. The molecule has 0 aliphatic rings. The Morgan fingerprint density at radius 1 is 1.00 bits per heavy atom. The molecular weight excluding hydrogens is 249 g/mol. The summed E-state index contributed by atoms with van der Waals surface area (Å²) in [7, 11) is 0. The van der Waals surface area contributed by atoms with Gasteiger partial charge < -0.3 is 0 Å². The van der Waals surface area contributed by atoms with Crippen molar-refractivity contribution in [3.63, 3.8) is 0 Å². The van der Waals surface area contributed by atoms with Crippen LogP contribution in [0.5, 0.6) is 0 Å². The molecule has 0 aliphatic heterocycles. The maximum atomic E-state index is 5.60. The average Bonchev–Trinajstić information content (AvgIpc) is 1.86. The van der Waals surface area contributed by atoms with E-state index in [9.17, 15) is 0 Å². The van der Waals surface area contributed by atoms with Crippen molar-refractivity contribution in [3.05, 3.63) is 20.1 Å². The van der Waals surface area contributed by atoms with Crippen molar-refractivity contribution in [2.75, 3.05) is 0 Å².